The molecule has 0 radical (unpaired) electrons. The fourth-order valence-electron chi connectivity index (χ4n) is 0.590. The summed E-state index contributed by atoms with van der Waals surface area (Å²) < 4.78 is 0. The van der Waals surface area contributed by atoms with Crippen LogP contribution in [-0.4, -0.2) is 25.2 Å². The Hall–Kier alpha value is -0.120. The average molecular weight is 101 g/mol. The van der Waals surface area contributed by atoms with Crippen LogP contribution in [0.1, 0.15) is 0 Å². The Kier molecular flexibility index (Phi) is 1.03. The Balaban J connectivity index is 2.29. The minimum Gasteiger partial charge on any atom is -0.329 e. The maximum atomic E-state index is 5.61. The van der Waals surface area contributed by atoms with E-state index in [1.54, 1.807) is 0 Å². The van der Waals surface area contributed by atoms with Gasteiger partial charge in [0, 0.05) is 19.6 Å². The summed E-state index contributed by atoms with van der Waals surface area (Å²) in [5.74, 6) is 0. The van der Waals surface area contributed by atoms with Crippen molar-refractivity contribution in [2.75, 3.05) is 19.6 Å². The van der Waals surface area contributed by atoms with Crippen molar-refractivity contribution in [2.45, 2.75) is 5.54 Å². The van der Waals surface area contributed by atoms with Crippen molar-refractivity contribution >= 4 is 0 Å². The van der Waals surface area contributed by atoms with E-state index in [9.17, 15) is 0 Å². The molecule has 3 nitrogen and oxygen atoms in total. The molecule has 0 amide bonds. The Labute approximate surface area is 43.1 Å². The lowest BCUT2D eigenvalue weighted by atomic mass is 9.95. The molecule has 1 aliphatic rings. The normalized spacial score (nSPS) is 26.6. The molecule has 1 aliphatic heterocycles. The second-order valence-electron chi connectivity index (χ2n) is 2.17. The van der Waals surface area contributed by atoms with Crippen LogP contribution in [0.3, 0.4) is 0 Å². The smallest absolute Gasteiger partial charge is 0.0531 e. The van der Waals surface area contributed by atoms with Gasteiger partial charge in [0.25, 0.3) is 0 Å². The lowest BCUT2D eigenvalue weighted by Crippen LogP contribution is -2.69. The highest BCUT2D eigenvalue weighted by molar-refractivity contribution is 4.97. The van der Waals surface area contributed by atoms with Gasteiger partial charge in [-0.25, -0.2) is 0 Å². The molecule has 0 aliphatic carbocycles. The van der Waals surface area contributed by atoms with Crippen molar-refractivity contribution in [3.05, 3.63) is 0 Å². The summed E-state index contributed by atoms with van der Waals surface area (Å²) in [5, 5.41) is 3.05. The van der Waals surface area contributed by atoms with E-state index in [1.165, 1.54) is 0 Å². The van der Waals surface area contributed by atoms with Gasteiger partial charge >= 0.3 is 0 Å². The number of nitrogens with one attached hydrogen (secondary N) is 1. The number of rotatable bonds is 1. The highest BCUT2D eigenvalue weighted by atomic mass is 15.1. The van der Waals surface area contributed by atoms with Crippen molar-refractivity contribution in [3.63, 3.8) is 0 Å². The van der Waals surface area contributed by atoms with E-state index < -0.39 is 0 Å². The van der Waals surface area contributed by atoms with E-state index in [0.717, 1.165) is 13.1 Å². The molecular formula is C4H11N3. The molecule has 1 fully saturated rings. The summed E-state index contributed by atoms with van der Waals surface area (Å²) >= 11 is 0. The zero-order valence-corrected chi connectivity index (χ0v) is 4.28. The van der Waals surface area contributed by atoms with Crippen LogP contribution in [0.15, 0.2) is 0 Å². The van der Waals surface area contributed by atoms with Crippen molar-refractivity contribution in [1.82, 2.24) is 5.32 Å². The molecule has 3 heteroatoms. The summed E-state index contributed by atoms with van der Waals surface area (Å²) in [6, 6.07) is 0. The van der Waals surface area contributed by atoms with Gasteiger partial charge in [-0.15, -0.1) is 0 Å². The van der Waals surface area contributed by atoms with Crippen LogP contribution in [-0.2, 0) is 0 Å². The van der Waals surface area contributed by atoms with E-state index >= 15 is 0 Å². The summed E-state index contributed by atoms with van der Waals surface area (Å²) in [4.78, 5) is 0. The Bertz CT molecular complexity index is 61.8. The first-order valence-corrected chi connectivity index (χ1v) is 2.46. The van der Waals surface area contributed by atoms with Gasteiger partial charge in [-0.3, -0.25) is 0 Å². The van der Waals surface area contributed by atoms with Gasteiger partial charge in [-0.05, 0) is 0 Å². The SMILES string of the molecule is NCC1(N)CNC1. The summed E-state index contributed by atoms with van der Waals surface area (Å²) in [6.07, 6.45) is 0. The Morgan fingerprint density at radius 3 is 2.14 bits per heavy atom. The summed E-state index contributed by atoms with van der Waals surface area (Å²) in [5.41, 5.74) is 10.8. The lowest BCUT2D eigenvalue weighted by molar-refractivity contribution is 0.290. The third kappa shape index (κ3) is 0.748. The molecule has 0 unspecified atom stereocenters. The molecule has 1 saturated heterocycles. The molecular weight excluding hydrogens is 90.1 g/mol. The molecule has 0 saturated carbocycles. The number of hydrogen-bond donors (Lipinski definition) is 3. The van der Waals surface area contributed by atoms with Gasteiger partial charge in [0.15, 0.2) is 0 Å². The highest BCUT2D eigenvalue weighted by Crippen LogP contribution is 2.01. The van der Waals surface area contributed by atoms with Crippen molar-refractivity contribution in [3.8, 4) is 0 Å². The second-order valence-corrected chi connectivity index (χ2v) is 2.17. The topological polar surface area (TPSA) is 64.1 Å². The van der Waals surface area contributed by atoms with Crippen LogP contribution in [0.25, 0.3) is 0 Å². The maximum absolute atomic E-state index is 5.61. The van der Waals surface area contributed by atoms with E-state index in [0.29, 0.717) is 6.54 Å². The van der Waals surface area contributed by atoms with Crippen LogP contribution >= 0.6 is 0 Å². The molecule has 0 atom stereocenters. The first-order valence-electron chi connectivity index (χ1n) is 2.46. The van der Waals surface area contributed by atoms with Crippen LogP contribution in [0, 0.1) is 0 Å². The molecule has 0 bridgehead atoms. The molecule has 1 heterocycles. The van der Waals surface area contributed by atoms with Gasteiger partial charge < -0.3 is 16.8 Å². The minimum atomic E-state index is -0.0694. The summed E-state index contributed by atoms with van der Waals surface area (Å²) in [7, 11) is 0. The zero-order valence-electron chi connectivity index (χ0n) is 4.28. The number of nitrogens with two attached hydrogens (primary N) is 2. The average Bonchev–Trinajstić information content (AvgIpc) is 1.61. The van der Waals surface area contributed by atoms with E-state index in [-0.39, 0.29) is 5.54 Å². The van der Waals surface area contributed by atoms with E-state index in [1.807, 2.05) is 0 Å². The molecule has 1 rings (SSSR count). The van der Waals surface area contributed by atoms with Crippen LogP contribution in [0.5, 0.6) is 0 Å². The van der Waals surface area contributed by atoms with Crippen LogP contribution in [0.2, 0.25) is 0 Å². The summed E-state index contributed by atoms with van der Waals surface area (Å²) in [6.45, 7) is 2.35. The largest absolute Gasteiger partial charge is 0.329 e. The Morgan fingerprint density at radius 1 is 1.57 bits per heavy atom. The van der Waals surface area contributed by atoms with E-state index in [4.69, 9.17) is 11.5 Å². The fraction of sp³-hybridized carbons (Fsp3) is 1.00. The fourth-order valence-corrected chi connectivity index (χ4v) is 0.590. The first kappa shape index (κ1) is 5.03. The molecule has 0 aromatic rings. The molecule has 42 valence electrons. The minimum absolute atomic E-state index is 0.0694. The van der Waals surface area contributed by atoms with Gasteiger partial charge in [-0.1, -0.05) is 0 Å². The lowest BCUT2D eigenvalue weighted by Gasteiger charge is -2.37. The Morgan fingerprint density at radius 2 is 2.14 bits per heavy atom. The quantitative estimate of drug-likeness (QED) is 0.367. The highest BCUT2D eigenvalue weighted by Gasteiger charge is 2.29. The van der Waals surface area contributed by atoms with Crippen molar-refractivity contribution < 1.29 is 0 Å². The third-order valence-corrected chi connectivity index (χ3v) is 1.36. The van der Waals surface area contributed by atoms with Gasteiger partial charge in [-0.2, -0.15) is 0 Å². The predicted octanol–water partition coefficient (Wildman–Crippen LogP) is -1.75. The van der Waals surface area contributed by atoms with Gasteiger partial charge in [0.1, 0.15) is 0 Å². The first-order chi connectivity index (χ1) is 3.27. The maximum Gasteiger partial charge on any atom is 0.0531 e. The monoisotopic (exact) mass is 101 g/mol. The zero-order chi connectivity index (χ0) is 5.33. The van der Waals surface area contributed by atoms with Crippen molar-refractivity contribution in [2.24, 2.45) is 11.5 Å². The number of hydrogen-bond acceptors (Lipinski definition) is 3. The molecule has 7 heavy (non-hydrogen) atoms. The van der Waals surface area contributed by atoms with Gasteiger partial charge in [0.05, 0.1) is 5.54 Å². The molecule has 0 aromatic carbocycles. The van der Waals surface area contributed by atoms with Gasteiger partial charge in [0.2, 0.25) is 0 Å². The molecule has 0 aromatic heterocycles. The third-order valence-electron chi connectivity index (χ3n) is 1.36. The predicted molar refractivity (Wildman–Crippen MR) is 28.8 cm³/mol. The second kappa shape index (κ2) is 1.43. The van der Waals surface area contributed by atoms with Crippen LogP contribution in [0.4, 0.5) is 0 Å². The molecule has 5 N–H and O–H groups in total. The molecule has 0 spiro atoms. The van der Waals surface area contributed by atoms with E-state index in [2.05, 4.69) is 5.32 Å². The standard InChI is InChI=1S/C4H11N3/c5-1-4(6)2-7-3-4/h7H,1-3,5-6H2. The van der Waals surface area contributed by atoms with Crippen LogP contribution < -0.4 is 16.8 Å². The van der Waals surface area contributed by atoms with Crippen molar-refractivity contribution in [1.29, 1.82) is 0 Å².